The summed E-state index contributed by atoms with van der Waals surface area (Å²) in [5, 5.41) is 4.55. The van der Waals surface area contributed by atoms with Gasteiger partial charge in [0.05, 0.1) is 17.1 Å². The summed E-state index contributed by atoms with van der Waals surface area (Å²) in [6.07, 6.45) is 3.79. The number of halogens is 1. The lowest BCUT2D eigenvalue weighted by atomic mass is 9.94. The van der Waals surface area contributed by atoms with Crippen molar-refractivity contribution in [3.8, 4) is 0 Å². The summed E-state index contributed by atoms with van der Waals surface area (Å²) in [7, 11) is 0. The van der Waals surface area contributed by atoms with Gasteiger partial charge in [0.25, 0.3) is 5.91 Å². The molecule has 1 heterocycles. The maximum atomic E-state index is 12.5. The number of fused-ring (bicyclic) bond motifs is 2. The first-order chi connectivity index (χ1) is 12.6. The molecule has 0 bridgehead atoms. The van der Waals surface area contributed by atoms with Crippen LogP contribution < -0.4 is 5.32 Å². The standard InChI is InChI=1S/C20H25ClN2O3/c1-3-25-18(26-4-2)12-22-20(24)13-9-10-15-17(11-13)23-16-8-6-5-7-14(16)19(15)21/h9-11,18H,3-8,12H2,1-2H3,(H,22,24). The topological polar surface area (TPSA) is 60.5 Å². The first kappa shape index (κ1) is 19.1. The molecule has 1 amide bonds. The highest BCUT2D eigenvalue weighted by Crippen LogP contribution is 2.33. The van der Waals surface area contributed by atoms with E-state index in [9.17, 15) is 4.79 Å². The van der Waals surface area contributed by atoms with Crippen LogP contribution in [-0.4, -0.2) is 36.9 Å². The second-order valence-corrected chi connectivity index (χ2v) is 6.72. The van der Waals surface area contributed by atoms with Crippen molar-refractivity contribution in [3.63, 3.8) is 0 Å². The fourth-order valence-electron chi connectivity index (χ4n) is 3.32. The number of pyridine rings is 1. The fourth-order valence-corrected chi connectivity index (χ4v) is 3.69. The number of rotatable bonds is 7. The average molecular weight is 377 g/mol. The number of ether oxygens (including phenoxy) is 2. The maximum Gasteiger partial charge on any atom is 0.251 e. The SMILES string of the molecule is CCOC(CNC(=O)c1ccc2c(Cl)c3c(nc2c1)CCCC3)OCC. The normalized spacial score (nSPS) is 13.8. The van der Waals surface area contributed by atoms with Gasteiger partial charge in [-0.2, -0.15) is 0 Å². The third-order valence-corrected chi connectivity index (χ3v) is 5.02. The van der Waals surface area contributed by atoms with Crippen LogP contribution >= 0.6 is 11.6 Å². The van der Waals surface area contributed by atoms with Gasteiger partial charge in [-0.05, 0) is 57.2 Å². The van der Waals surface area contributed by atoms with Crippen LogP contribution in [0.1, 0.15) is 48.3 Å². The number of hydrogen-bond donors (Lipinski definition) is 1. The van der Waals surface area contributed by atoms with Gasteiger partial charge in [0.15, 0.2) is 6.29 Å². The largest absolute Gasteiger partial charge is 0.351 e. The molecule has 140 valence electrons. The van der Waals surface area contributed by atoms with Crippen molar-refractivity contribution in [3.05, 3.63) is 40.0 Å². The zero-order valence-electron chi connectivity index (χ0n) is 15.3. The number of nitrogens with zero attached hydrogens (tertiary/aromatic N) is 1. The Kier molecular flexibility index (Phi) is 6.46. The molecule has 0 saturated heterocycles. The third kappa shape index (κ3) is 4.17. The van der Waals surface area contributed by atoms with Gasteiger partial charge in [-0.3, -0.25) is 9.78 Å². The zero-order chi connectivity index (χ0) is 18.5. The van der Waals surface area contributed by atoms with E-state index in [4.69, 9.17) is 26.1 Å². The first-order valence-corrected chi connectivity index (χ1v) is 9.64. The van der Waals surface area contributed by atoms with Crippen molar-refractivity contribution < 1.29 is 14.3 Å². The number of nitrogens with one attached hydrogen (secondary N) is 1. The van der Waals surface area contributed by atoms with Crippen LogP contribution in [0.4, 0.5) is 0 Å². The van der Waals surface area contributed by atoms with Crippen molar-refractivity contribution >= 4 is 28.4 Å². The van der Waals surface area contributed by atoms with Gasteiger partial charge < -0.3 is 14.8 Å². The lowest BCUT2D eigenvalue weighted by molar-refractivity contribution is -0.131. The lowest BCUT2D eigenvalue weighted by Gasteiger charge is -2.18. The third-order valence-electron chi connectivity index (χ3n) is 4.59. The molecule has 0 fully saturated rings. The molecule has 1 aliphatic carbocycles. The van der Waals surface area contributed by atoms with E-state index >= 15 is 0 Å². The molecule has 6 heteroatoms. The Morgan fingerprint density at radius 1 is 1.23 bits per heavy atom. The van der Waals surface area contributed by atoms with Crippen molar-refractivity contribution in [1.29, 1.82) is 0 Å². The Morgan fingerprint density at radius 2 is 1.96 bits per heavy atom. The molecular weight excluding hydrogens is 352 g/mol. The van der Waals surface area contributed by atoms with Crippen LogP contribution in [0.5, 0.6) is 0 Å². The van der Waals surface area contributed by atoms with E-state index in [1.165, 1.54) is 5.56 Å². The highest BCUT2D eigenvalue weighted by atomic mass is 35.5. The van der Waals surface area contributed by atoms with E-state index in [0.29, 0.717) is 25.3 Å². The second-order valence-electron chi connectivity index (χ2n) is 6.34. The van der Waals surface area contributed by atoms with Crippen molar-refractivity contribution in [2.45, 2.75) is 45.8 Å². The van der Waals surface area contributed by atoms with Gasteiger partial charge >= 0.3 is 0 Å². The van der Waals surface area contributed by atoms with E-state index in [1.807, 2.05) is 26.0 Å². The minimum Gasteiger partial charge on any atom is -0.351 e. The minimum absolute atomic E-state index is 0.174. The minimum atomic E-state index is -0.436. The molecule has 26 heavy (non-hydrogen) atoms. The second kappa shape index (κ2) is 8.80. The van der Waals surface area contributed by atoms with Crippen molar-refractivity contribution in [2.24, 2.45) is 0 Å². The summed E-state index contributed by atoms with van der Waals surface area (Å²) < 4.78 is 10.9. The lowest BCUT2D eigenvalue weighted by Crippen LogP contribution is -2.35. The van der Waals surface area contributed by atoms with E-state index in [1.54, 1.807) is 6.07 Å². The Bertz CT molecular complexity index is 788. The number of benzene rings is 1. The molecule has 1 aromatic heterocycles. The molecule has 2 aromatic rings. The summed E-state index contributed by atoms with van der Waals surface area (Å²) in [6, 6.07) is 5.48. The highest BCUT2D eigenvalue weighted by Gasteiger charge is 2.18. The summed E-state index contributed by atoms with van der Waals surface area (Å²) >= 11 is 6.59. The van der Waals surface area contributed by atoms with Gasteiger partial charge in [0, 0.05) is 29.9 Å². The molecule has 1 aliphatic rings. The Hall–Kier alpha value is -1.69. The number of aryl methyl sites for hydroxylation is 1. The molecule has 1 N–H and O–H groups in total. The van der Waals surface area contributed by atoms with Crippen LogP contribution in [0.3, 0.4) is 0 Å². The first-order valence-electron chi connectivity index (χ1n) is 9.26. The molecule has 5 nitrogen and oxygen atoms in total. The summed E-state index contributed by atoms with van der Waals surface area (Å²) in [5.41, 5.74) is 3.57. The Labute approximate surface area is 159 Å². The molecule has 0 unspecified atom stereocenters. The molecule has 0 atom stereocenters. The van der Waals surface area contributed by atoms with Gasteiger partial charge in [0.1, 0.15) is 0 Å². The van der Waals surface area contributed by atoms with Gasteiger partial charge in [-0.25, -0.2) is 0 Å². The zero-order valence-corrected chi connectivity index (χ0v) is 16.1. The molecule has 0 saturated carbocycles. The van der Waals surface area contributed by atoms with E-state index in [-0.39, 0.29) is 5.91 Å². The van der Waals surface area contributed by atoms with E-state index < -0.39 is 6.29 Å². The molecule has 0 aliphatic heterocycles. The summed E-state index contributed by atoms with van der Waals surface area (Å²) in [6.45, 7) is 5.16. The van der Waals surface area contributed by atoms with E-state index in [2.05, 4.69) is 5.32 Å². The fraction of sp³-hybridized carbons (Fsp3) is 0.500. The van der Waals surface area contributed by atoms with Crippen LogP contribution in [0, 0.1) is 0 Å². The van der Waals surface area contributed by atoms with Crippen LogP contribution in [0.15, 0.2) is 18.2 Å². The average Bonchev–Trinajstić information content (AvgIpc) is 2.66. The number of aromatic nitrogens is 1. The molecule has 0 radical (unpaired) electrons. The van der Waals surface area contributed by atoms with Gasteiger partial charge in [0.2, 0.25) is 0 Å². The molecule has 3 rings (SSSR count). The number of amides is 1. The van der Waals surface area contributed by atoms with Gasteiger partial charge in [-0.1, -0.05) is 17.7 Å². The Morgan fingerprint density at radius 3 is 2.69 bits per heavy atom. The quantitative estimate of drug-likeness (QED) is 0.744. The monoisotopic (exact) mass is 376 g/mol. The van der Waals surface area contributed by atoms with Gasteiger partial charge in [-0.15, -0.1) is 0 Å². The molecule has 0 spiro atoms. The number of carbonyl (C=O) groups excluding carboxylic acids is 1. The summed E-state index contributed by atoms with van der Waals surface area (Å²) in [4.78, 5) is 17.3. The highest BCUT2D eigenvalue weighted by molar-refractivity contribution is 6.36. The van der Waals surface area contributed by atoms with Crippen molar-refractivity contribution in [1.82, 2.24) is 10.3 Å². The number of hydrogen-bond acceptors (Lipinski definition) is 4. The maximum absolute atomic E-state index is 12.5. The smallest absolute Gasteiger partial charge is 0.251 e. The van der Waals surface area contributed by atoms with Crippen molar-refractivity contribution in [2.75, 3.05) is 19.8 Å². The van der Waals surface area contributed by atoms with E-state index in [0.717, 1.165) is 47.3 Å². The predicted molar refractivity (Wildman–Crippen MR) is 103 cm³/mol. The Balaban J connectivity index is 1.79. The summed E-state index contributed by atoms with van der Waals surface area (Å²) in [5.74, 6) is -0.174. The molecule has 1 aromatic carbocycles. The van der Waals surface area contributed by atoms with Crippen LogP contribution in [-0.2, 0) is 22.3 Å². The predicted octanol–water partition coefficient (Wildman–Crippen LogP) is 3.90. The van der Waals surface area contributed by atoms with Crippen LogP contribution in [0.25, 0.3) is 10.9 Å². The molecular formula is C20H25ClN2O3. The van der Waals surface area contributed by atoms with Crippen LogP contribution in [0.2, 0.25) is 5.02 Å². The number of carbonyl (C=O) groups is 1.